The van der Waals surface area contributed by atoms with Crippen molar-refractivity contribution in [1.82, 2.24) is 15.1 Å². The van der Waals surface area contributed by atoms with E-state index in [9.17, 15) is 9.59 Å². The van der Waals surface area contributed by atoms with Crippen LogP contribution in [-0.4, -0.2) is 34.6 Å². The molecule has 0 spiro atoms. The van der Waals surface area contributed by atoms with Gasteiger partial charge in [-0.05, 0) is 12.5 Å². The average Bonchev–Trinajstić information content (AvgIpc) is 2.39. The number of H-pyrrole nitrogens is 1. The predicted molar refractivity (Wildman–Crippen MR) is 69.6 cm³/mol. The van der Waals surface area contributed by atoms with Gasteiger partial charge in [0.1, 0.15) is 0 Å². The summed E-state index contributed by atoms with van der Waals surface area (Å²) in [4.78, 5) is 25.4. The molecule has 0 aliphatic rings. The lowest BCUT2D eigenvalue weighted by Crippen LogP contribution is -2.29. The minimum atomic E-state index is -0.278. The highest BCUT2D eigenvalue weighted by Crippen LogP contribution is 2.13. The van der Waals surface area contributed by atoms with Crippen molar-refractivity contribution in [1.29, 1.82) is 0 Å². The van der Waals surface area contributed by atoms with Crippen molar-refractivity contribution in [2.45, 2.75) is 13.3 Å². The van der Waals surface area contributed by atoms with Gasteiger partial charge in [0.25, 0.3) is 11.5 Å². The van der Waals surface area contributed by atoms with Crippen molar-refractivity contribution in [3.8, 4) is 0 Å². The molecule has 0 radical (unpaired) electrons. The molecule has 1 aromatic heterocycles. The zero-order valence-corrected chi connectivity index (χ0v) is 10.4. The van der Waals surface area contributed by atoms with Crippen molar-refractivity contribution < 1.29 is 4.79 Å². The number of rotatable bonds is 3. The fourth-order valence-corrected chi connectivity index (χ4v) is 1.90. The summed E-state index contributed by atoms with van der Waals surface area (Å²) in [5, 5.41) is 7.33. The first-order valence-corrected chi connectivity index (χ1v) is 5.88. The minimum absolute atomic E-state index is 0.177. The van der Waals surface area contributed by atoms with Crippen LogP contribution in [0.25, 0.3) is 10.8 Å². The number of fused-ring (bicyclic) bond motifs is 1. The van der Waals surface area contributed by atoms with Crippen LogP contribution in [0.15, 0.2) is 29.1 Å². The van der Waals surface area contributed by atoms with Crippen LogP contribution in [0.5, 0.6) is 0 Å². The van der Waals surface area contributed by atoms with Crippen molar-refractivity contribution in [3.05, 3.63) is 40.3 Å². The summed E-state index contributed by atoms with van der Waals surface area (Å²) in [6.45, 7) is 2.66. The molecule has 0 bridgehead atoms. The van der Waals surface area contributed by atoms with Gasteiger partial charge in [0.05, 0.1) is 5.39 Å². The maximum absolute atomic E-state index is 12.2. The third-order valence-electron chi connectivity index (χ3n) is 2.80. The molecule has 0 saturated heterocycles. The zero-order valence-electron chi connectivity index (χ0n) is 10.4. The Labute approximate surface area is 104 Å². The molecule has 1 N–H and O–H groups in total. The van der Waals surface area contributed by atoms with Crippen LogP contribution in [0.1, 0.15) is 23.8 Å². The van der Waals surface area contributed by atoms with Crippen LogP contribution in [0.3, 0.4) is 0 Å². The van der Waals surface area contributed by atoms with Crippen molar-refractivity contribution in [2.24, 2.45) is 0 Å². The Morgan fingerprint density at radius 3 is 2.67 bits per heavy atom. The SMILES string of the molecule is CCCN(C)C(=O)c1n[nH]c(=O)c2ccccc12. The number of nitrogens with zero attached hydrogens (tertiary/aromatic N) is 2. The van der Waals surface area contributed by atoms with Gasteiger partial charge in [-0.15, -0.1) is 0 Å². The molecule has 2 rings (SSSR count). The van der Waals surface area contributed by atoms with E-state index >= 15 is 0 Å². The van der Waals surface area contributed by atoms with Gasteiger partial charge in [0.15, 0.2) is 5.69 Å². The summed E-state index contributed by atoms with van der Waals surface area (Å²) in [7, 11) is 1.73. The van der Waals surface area contributed by atoms with Gasteiger partial charge in [-0.2, -0.15) is 5.10 Å². The molecule has 0 unspecified atom stereocenters. The van der Waals surface area contributed by atoms with Gasteiger partial charge in [0, 0.05) is 19.0 Å². The quantitative estimate of drug-likeness (QED) is 0.889. The number of hydrogen-bond acceptors (Lipinski definition) is 3. The number of aromatic amines is 1. The standard InChI is InChI=1S/C13H15N3O2/c1-3-8-16(2)13(18)11-9-6-4-5-7-10(9)12(17)15-14-11/h4-7H,3,8H2,1-2H3,(H,15,17). The first-order valence-electron chi connectivity index (χ1n) is 5.88. The normalized spacial score (nSPS) is 10.6. The Morgan fingerprint density at radius 2 is 2.00 bits per heavy atom. The molecule has 2 aromatic rings. The van der Waals surface area contributed by atoms with Crippen LogP contribution >= 0.6 is 0 Å². The summed E-state index contributed by atoms with van der Waals surface area (Å²) < 4.78 is 0. The molecule has 0 aliphatic heterocycles. The maximum Gasteiger partial charge on any atom is 0.274 e. The molecular weight excluding hydrogens is 230 g/mol. The fourth-order valence-electron chi connectivity index (χ4n) is 1.90. The Kier molecular flexibility index (Phi) is 3.41. The molecule has 0 fully saturated rings. The first kappa shape index (κ1) is 12.3. The number of benzene rings is 1. The van der Waals surface area contributed by atoms with E-state index in [4.69, 9.17) is 0 Å². The first-order chi connectivity index (χ1) is 8.65. The van der Waals surface area contributed by atoms with Crippen molar-refractivity contribution in [2.75, 3.05) is 13.6 Å². The second-order valence-electron chi connectivity index (χ2n) is 4.17. The summed E-state index contributed by atoms with van der Waals surface area (Å²) in [5.74, 6) is -0.177. The van der Waals surface area contributed by atoms with Gasteiger partial charge in [-0.3, -0.25) is 9.59 Å². The molecule has 1 amide bonds. The molecular formula is C13H15N3O2. The van der Waals surface area contributed by atoms with Crippen LogP contribution in [-0.2, 0) is 0 Å². The number of carbonyl (C=O) groups is 1. The smallest absolute Gasteiger partial charge is 0.274 e. The summed E-state index contributed by atoms with van der Waals surface area (Å²) >= 11 is 0. The van der Waals surface area contributed by atoms with Gasteiger partial charge in [-0.1, -0.05) is 25.1 Å². The molecule has 5 heteroatoms. The van der Waals surface area contributed by atoms with E-state index in [0.29, 0.717) is 23.0 Å². The lowest BCUT2D eigenvalue weighted by atomic mass is 10.1. The van der Waals surface area contributed by atoms with E-state index in [1.54, 1.807) is 36.2 Å². The third-order valence-corrected chi connectivity index (χ3v) is 2.80. The van der Waals surface area contributed by atoms with Crippen LogP contribution in [0, 0.1) is 0 Å². The molecule has 0 aliphatic carbocycles. The highest BCUT2D eigenvalue weighted by molar-refractivity contribution is 6.04. The van der Waals surface area contributed by atoms with Crippen molar-refractivity contribution >= 4 is 16.7 Å². The highest BCUT2D eigenvalue weighted by Gasteiger charge is 2.16. The second-order valence-corrected chi connectivity index (χ2v) is 4.17. The number of carbonyl (C=O) groups excluding carboxylic acids is 1. The van der Waals surface area contributed by atoms with Gasteiger partial charge < -0.3 is 4.90 Å². The second kappa shape index (κ2) is 5.00. The Hall–Kier alpha value is -2.17. The molecule has 1 heterocycles. The molecule has 1 aromatic carbocycles. The highest BCUT2D eigenvalue weighted by atomic mass is 16.2. The number of amides is 1. The Bertz CT molecular complexity index is 633. The summed E-state index contributed by atoms with van der Waals surface area (Å²) in [5.41, 5.74) is 0.0152. The van der Waals surface area contributed by atoms with Crippen LogP contribution in [0.4, 0.5) is 0 Å². The van der Waals surface area contributed by atoms with Gasteiger partial charge in [0.2, 0.25) is 0 Å². The van der Waals surface area contributed by atoms with Crippen LogP contribution < -0.4 is 5.56 Å². The summed E-state index contributed by atoms with van der Waals surface area (Å²) in [6.07, 6.45) is 0.878. The largest absolute Gasteiger partial charge is 0.340 e. The van der Waals surface area contributed by atoms with E-state index in [1.807, 2.05) is 6.92 Å². The van der Waals surface area contributed by atoms with E-state index in [2.05, 4.69) is 10.2 Å². The third kappa shape index (κ3) is 2.11. The molecule has 94 valence electrons. The molecule has 0 saturated carbocycles. The van der Waals surface area contributed by atoms with E-state index < -0.39 is 0 Å². The van der Waals surface area contributed by atoms with Crippen LogP contribution in [0.2, 0.25) is 0 Å². The number of hydrogen-bond donors (Lipinski definition) is 1. The topological polar surface area (TPSA) is 66.1 Å². The molecule has 5 nitrogen and oxygen atoms in total. The fraction of sp³-hybridized carbons (Fsp3) is 0.308. The van der Waals surface area contributed by atoms with Gasteiger partial charge in [-0.25, -0.2) is 5.10 Å². The lowest BCUT2D eigenvalue weighted by Gasteiger charge is -2.15. The lowest BCUT2D eigenvalue weighted by molar-refractivity contribution is 0.0790. The predicted octanol–water partition coefficient (Wildman–Crippen LogP) is 1.41. The number of nitrogens with one attached hydrogen (secondary N) is 1. The Morgan fingerprint density at radius 1 is 1.33 bits per heavy atom. The van der Waals surface area contributed by atoms with E-state index in [0.717, 1.165) is 6.42 Å². The van der Waals surface area contributed by atoms with Crippen molar-refractivity contribution in [3.63, 3.8) is 0 Å². The number of aromatic nitrogens is 2. The van der Waals surface area contributed by atoms with E-state index in [1.165, 1.54) is 0 Å². The molecule has 0 atom stereocenters. The zero-order chi connectivity index (χ0) is 13.1. The van der Waals surface area contributed by atoms with E-state index in [-0.39, 0.29) is 11.5 Å². The summed E-state index contributed by atoms with van der Waals surface area (Å²) in [6, 6.07) is 6.98. The average molecular weight is 245 g/mol. The maximum atomic E-state index is 12.2. The minimum Gasteiger partial charge on any atom is -0.340 e. The molecule has 18 heavy (non-hydrogen) atoms. The van der Waals surface area contributed by atoms with Gasteiger partial charge >= 0.3 is 0 Å². The monoisotopic (exact) mass is 245 g/mol. The Balaban J connectivity index is 2.55.